The predicted molar refractivity (Wildman–Crippen MR) is 83.8 cm³/mol. The Bertz CT molecular complexity index is 388. The van der Waals surface area contributed by atoms with Gasteiger partial charge in [-0.3, -0.25) is 0 Å². The van der Waals surface area contributed by atoms with Crippen molar-refractivity contribution < 1.29 is 0 Å². The fourth-order valence-electron chi connectivity index (χ4n) is 3.10. The van der Waals surface area contributed by atoms with Crippen molar-refractivity contribution in [1.82, 2.24) is 19.8 Å². The second kappa shape index (κ2) is 7.79. The molecule has 0 saturated carbocycles. The molecule has 1 aromatic rings. The molecular formula is C16H30N4. The number of nitrogens with one attached hydrogen (secondary N) is 1. The Balaban J connectivity index is 1.73. The highest BCUT2D eigenvalue weighted by molar-refractivity contribution is 5.01. The van der Waals surface area contributed by atoms with E-state index in [1.807, 2.05) is 6.20 Å². The molecule has 4 nitrogen and oxygen atoms in total. The Kier molecular flexibility index (Phi) is 6.05. The first-order valence-electron chi connectivity index (χ1n) is 8.14. The van der Waals surface area contributed by atoms with Crippen molar-refractivity contribution in [2.75, 3.05) is 33.2 Å². The maximum absolute atomic E-state index is 4.47. The number of unbranched alkanes of at least 4 members (excludes halogenated alkanes) is 1. The molecule has 114 valence electrons. The van der Waals surface area contributed by atoms with E-state index in [-0.39, 0.29) is 0 Å². The van der Waals surface area contributed by atoms with E-state index in [2.05, 4.69) is 40.7 Å². The van der Waals surface area contributed by atoms with E-state index >= 15 is 0 Å². The van der Waals surface area contributed by atoms with Gasteiger partial charge in [-0.25, -0.2) is 4.98 Å². The van der Waals surface area contributed by atoms with Crippen LogP contribution in [0.4, 0.5) is 0 Å². The van der Waals surface area contributed by atoms with E-state index in [0.29, 0.717) is 0 Å². The highest BCUT2D eigenvalue weighted by Gasteiger charge is 2.22. The zero-order valence-electron chi connectivity index (χ0n) is 13.4. The van der Waals surface area contributed by atoms with Gasteiger partial charge in [0.05, 0.1) is 0 Å². The summed E-state index contributed by atoms with van der Waals surface area (Å²) in [4.78, 5) is 12.9. The Morgan fingerprint density at radius 1 is 1.45 bits per heavy atom. The number of likely N-dealkylation sites (tertiary alicyclic amines) is 1. The van der Waals surface area contributed by atoms with Gasteiger partial charge in [-0.2, -0.15) is 0 Å². The highest BCUT2D eigenvalue weighted by atomic mass is 15.2. The average Bonchev–Trinajstić information content (AvgIpc) is 3.05. The summed E-state index contributed by atoms with van der Waals surface area (Å²) in [7, 11) is 2.22. The van der Waals surface area contributed by atoms with Crippen molar-refractivity contribution in [1.29, 1.82) is 0 Å². The van der Waals surface area contributed by atoms with Gasteiger partial charge in [0.2, 0.25) is 0 Å². The van der Waals surface area contributed by atoms with Crippen LogP contribution in [0.2, 0.25) is 0 Å². The Morgan fingerprint density at radius 2 is 2.30 bits per heavy atom. The molecule has 2 heterocycles. The number of hydrogen-bond acceptors (Lipinski definition) is 3. The fourth-order valence-corrected chi connectivity index (χ4v) is 3.10. The monoisotopic (exact) mass is 278 g/mol. The molecule has 1 atom stereocenters. The van der Waals surface area contributed by atoms with Crippen LogP contribution >= 0.6 is 0 Å². The minimum atomic E-state index is 0.836. The van der Waals surface area contributed by atoms with Crippen molar-refractivity contribution in [3.05, 3.63) is 17.7 Å². The highest BCUT2D eigenvalue weighted by Crippen LogP contribution is 2.17. The van der Waals surface area contributed by atoms with Crippen LogP contribution in [0.3, 0.4) is 0 Å². The van der Waals surface area contributed by atoms with Crippen molar-refractivity contribution in [3.63, 3.8) is 0 Å². The molecule has 20 heavy (non-hydrogen) atoms. The molecule has 1 aromatic heterocycles. The number of aromatic amines is 1. The SMILES string of the molecule is CCCCc1ncc(CN(C)C[C@@H]2CCN(CC)C2)[nH]1. The van der Waals surface area contributed by atoms with Crippen molar-refractivity contribution in [3.8, 4) is 0 Å². The number of hydrogen-bond donors (Lipinski definition) is 1. The minimum absolute atomic E-state index is 0.836. The van der Waals surface area contributed by atoms with Gasteiger partial charge < -0.3 is 14.8 Å². The number of aromatic nitrogens is 2. The second-order valence-electron chi connectivity index (χ2n) is 6.20. The van der Waals surface area contributed by atoms with Crippen LogP contribution in [-0.4, -0.2) is 53.0 Å². The van der Waals surface area contributed by atoms with Gasteiger partial charge in [0, 0.05) is 37.9 Å². The summed E-state index contributed by atoms with van der Waals surface area (Å²) in [6.07, 6.45) is 6.88. The van der Waals surface area contributed by atoms with Gasteiger partial charge in [0.15, 0.2) is 0 Å². The molecule has 4 heteroatoms. The third-order valence-electron chi connectivity index (χ3n) is 4.28. The average molecular weight is 278 g/mol. The van der Waals surface area contributed by atoms with Crippen LogP contribution in [-0.2, 0) is 13.0 Å². The van der Waals surface area contributed by atoms with Crippen LogP contribution < -0.4 is 0 Å². The minimum Gasteiger partial charge on any atom is -0.345 e. The van der Waals surface area contributed by atoms with E-state index in [0.717, 1.165) is 24.7 Å². The summed E-state index contributed by atoms with van der Waals surface area (Å²) in [6.45, 7) is 10.4. The van der Waals surface area contributed by atoms with E-state index in [4.69, 9.17) is 0 Å². The Labute approximate surface area is 123 Å². The first kappa shape index (κ1) is 15.5. The number of aryl methyl sites for hydroxylation is 1. The lowest BCUT2D eigenvalue weighted by Crippen LogP contribution is -2.28. The summed E-state index contributed by atoms with van der Waals surface area (Å²) in [5.74, 6) is 1.98. The Morgan fingerprint density at radius 3 is 3.00 bits per heavy atom. The molecule has 0 spiro atoms. The molecule has 0 amide bonds. The molecule has 2 rings (SSSR count). The lowest BCUT2D eigenvalue weighted by molar-refractivity contribution is 0.258. The van der Waals surface area contributed by atoms with E-state index in [1.54, 1.807) is 0 Å². The van der Waals surface area contributed by atoms with Gasteiger partial charge >= 0.3 is 0 Å². The fraction of sp³-hybridized carbons (Fsp3) is 0.812. The third kappa shape index (κ3) is 4.60. The molecule has 1 fully saturated rings. The van der Waals surface area contributed by atoms with Crippen molar-refractivity contribution in [2.24, 2.45) is 5.92 Å². The van der Waals surface area contributed by atoms with Gasteiger partial charge in [-0.1, -0.05) is 20.3 Å². The molecule has 1 N–H and O–H groups in total. The zero-order valence-corrected chi connectivity index (χ0v) is 13.4. The zero-order chi connectivity index (χ0) is 14.4. The van der Waals surface area contributed by atoms with Crippen LogP contribution in [0.5, 0.6) is 0 Å². The normalized spacial score (nSPS) is 20.1. The lowest BCUT2D eigenvalue weighted by atomic mass is 10.1. The lowest BCUT2D eigenvalue weighted by Gasteiger charge is -2.20. The predicted octanol–water partition coefficient (Wildman–Crippen LogP) is 2.53. The summed E-state index contributed by atoms with van der Waals surface area (Å²) >= 11 is 0. The summed E-state index contributed by atoms with van der Waals surface area (Å²) in [5.41, 5.74) is 1.25. The molecule has 1 aliphatic heterocycles. The smallest absolute Gasteiger partial charge is 0.106 e. The number of imidazole rings is 1. The van der Waals surface area contributed by atoms with E-state index in [1.165, 1.54) is 51.1 Å². The molecule has 0 aromatic carbocycles. The molecule has 0 aliphatic carbocycles. The van der Waals surface area contributed by atoms with Crippen LogP contribution in [0, 0.1) is 5.92 Å². The van der Waals surface area contributed by atoms with Gasteiger partial charge in [0.25, 0.3) is 0 Å². The maximum atomic E-state index is 4.47. The summed E-state index contributed by atoms with van der Waals surface area (Å²) in [6, 6.07) is 0. The molecule has 0 radical (unpaired) electrons. The molecule has 1 saturated heterocycles. The van der Waals surface area contributed by atoms with Crippen LogP contribution in [0.1, 0.15) is 44.6 Å². The largest absolute Gasteiger partial charge is 0.345 e. The van der Waals surface area contributed by atoms with Gasteiger partial charge in [-0.15, -0.1) is 0 Å². The second-order valence-corrected chi connectivity index (χ2v) is 6.20. The molecule has 0 bridgehead atoms. The summed E-state index contributed by atoms with van der Waals surface area (Å²) in [5, 5.41) is 0. The molecule has 0 unspecified atom stereocenters. The first-order chi connectivity index (χ1) is 9.71. The van der Waals surface area contributed by atoms with Crippen LogP contribution in [0.25, 0.3) is 0 Å². The van der Waals surface area contributed by atoms with Crippen molar-refractivity contribution >= 4 is 0 Å². The van der Waals surface area contributed by atoms with Crippen molar-refractivity contribution in [2.45, 2.75) is 46.1 Å². The number of H-pyrrole nitrogens is 1. The van der Waals surface area contributed by atoms with Gasteiger partial charge in [-0.05, 0) is 38.9 Å². The first-order valence-corrected chi connectivity index (χ1v) is 8.14. The summed E-state index contributed by atoms with van der Waals surface area (Å²) < 4.78 is 0. The molecule has 1 aliphatic rings. The Hall–Kier alpha value is -0.870. The van der Waals surface area contributed by atoms with E-state index in [9.17, 15) is 0 Å². The standard InChI is InChI=1S/C16H30N4/c1-4-6-7-16-17-10-15(18-16)13-19(3)11-14-8-9-20(5-2)12-14/h10,14H,4-9,11-13H2,1-3H3,(H,17,18)/t14-/m0/s1. The molecular weight excluding hydrogens is 248 g/mol. The maximum Gasteiger partial charge on any atom is 0.106 e. The van der Waals surface area contributed by atoms with E-state index < -0.39 is 0 Å². The number of nitrogens with zero attached hydrogens (tertiary/aromatic N) is 3. The van der Waals surface area contributed by atoms with Gasteiger partial charge in [0.1, 0.15) is 5.82 Å². The number of rotatable bonds is 8. The quantitative estimate of drug-likeness (QED) is 0.793. The van der Waals surface area contributed by atoms with Crippen LogP contribution in [0.15, 0.2) is 6.20 Å². The third-order valence-corrected chi connectivity index (χ3v) is 4.28. The topological polar surface area (TPSA) is 35.2 Å².